The first-order valence-electron chi connectivity index (χ1n) is 9.33. The van der Waals surface area contributed by atoms with Gasteiger partial charge in [-0.1, -0.05) is 0 Å². The van der Waals surface area contributed by atoms with Crippen LogP contribution in [0.25, 0.3) is 11.0 Å². The molecule has 5 rings (SSSR count). The average molecular weight is 364 g/mol. The van der Waals surface area contributed by atoms with Crippen LogP contribution in [-0.2, 0) is 0 Å². The van der Waals surface area contributed by atoms with Gasteiger partial charge in [0.15, 0.2) is 5.65 Å². The summed E-state index contributed by atoms with van der Waals surface area (Å²) in [5, 5.41) is 1.01. The molecule has 0 aliphatic carbocycles. The van der Waals surface area contributed by atoms with Crippen LogP contribution in [0.1, 0.15) is 0 Å². The molecule has 2 aromatic heterocycles. The topological polar surface area (TPSA) is 48.4 Å². The molecule has 0 radical (unpaired) electrons. The fraction of sp³-hybridized carbons (Fsp3) is 0.350. The van der Waals surface area contributed by atoms with E-state index in [9.17, 15) is 4.39 Å². The van der Waals surface area contributed by atoms with Crippen LogP contribution < -0.4 is 9.80 Å². The molecule has 0 amide bonds. The number of benzene rings is 1. The molecule has 2 fully saturated rings. The lowest BCUT2D eigenvalue weighted by Gasteiger charge is -2.49. The summed E-state index contributed by atoms with van der Waals surface area (Å²) < 4.78 is 13.1. The van der Waals surface area contributed by atoms with Crippen LogP contribution in [0.3, 0.4) is 0 Å². The number of pyridine rings is 1. The summed E-state index contributed by atoms with van der Waals surface area (Å²) in [6.45, 7) is 5.98. The molecule has 1 aromatic carbocycles. The van der Waals surface area contributed by atoms with Gasteiger partial charge in [-0.2, -0.15) is 0 Å². The number of nitrogens with zero attached hydrogens (tertiary/aromatic N) is 6. The lowest BCUT2D eigenvalue weighted by atomic mass is 10.1. The maximum Gasteiger partial charge on any atom is 0.164 e. The van der Waals surface area contributed by atoms with E-state index in [2.05, 4.69) is 29.7 Å². The van der Waals surface area contributed by atoms with Crippen molar-refractivity contribution in [3.05, 3.63) is 54.7 Å². The van der Waals surface area contributed by atoms with Crippen molar-refractivity contribution >= 4 is 22.5 Å². The number of rotatable bonds is 3. The fourth-order valence-electron chi connectivity index (χ4n) is 3.99. The lowest BCUT2D eigenvalue weighted by molar-refractivity contribution is 0.157. The van der Waals surface area contributed by atoms with E-state index in [1.807, 2.05) is 24.3 Å². The summed E-state index contributed by atoms with van der Waals surface area (Å²) in [7, 11) is 0. The summed E-state index contributed by atoms with van der Waals surface area (Å²) in [5.74, 6) is 0.800. The summed E-state index contributed by atoms with van der Waals surface area (Å²) >= 11 is 0. The molecular formula is C20H21FN6. The van der Waals surface area contributed by atoms with Gasteiger partial charge in [0.2, 0.25) is 0 Å². The molecule has 7 heteroatoms. The molecule has 0 N–H and O–H groups in total. The first-order chi connectivity index (χ1) is 13.3. The first kappa shape index (κ1) is 16.4. The van der Waals surface area contributed by atoms with E-state index in [-0.39, 0.29) is 5.82 Å². The number of piperazine rings is 1. The van der Waals surface area contributed by atoms with Gasteiger partial charge in [-0.05, 0) is 36.4 Å². The van der Waals surface area contributed by atoms with Gasteiger partial charge in [0, 0.05) is 57.2 Å². The summed E-state index contributed by atoms with van der Waals surface area (Å²) in [6.07, 6.45) is 3.36. The van der Waals surface area contributed by atoms with Gasteiger partial charge >= 0.3 is 0 Å². The SMILES string of the molecule is Fc1ccc(N2CCN(C3CN(c4ncnc5ncccc45)C3)CC2)cc1. The van der Waals surface area contributed by atoms with Crippen molar-refractivity contribution in [2.45, 2.75) is 6.04 Å². The zero-order valence-electron chi connectivity index (χ0n) is 15.0. The smallest absolute Gasteiger partial charge is 0.164 e. The molecule has 0 atom stereocenters. The third-order valence-electron chi connectivity index (χ3n) is 5.57. The second-order valence-electron chi connectivity index (χ2n) is 7.13. The van der Waals surface area contributed by atoms with Gasteiger partial charge in [-0.15, -0.1) is 0 Å². The molecule has 0 saturated carbocycles. The van der Waals surface area contributed by atoms with Crippen molar-refractivity contribution < 1.29 is 4.39 Å². The number of halogens is 1. The standard InChI is InChI=1S/C20H21FN6/c21-15-3-5-16(6-4-15)25-8-10-26(11-9-25)17-12-27(13-17)20-18-2-1-7-22-19(18)23-14-24-20/h1-7,14,17H,8-13H2. The Labute approximate surface area is 157 Å². The van der Waals surface area contributed by atoms with Gasteiger partial charge in [0.25, 0.3) is 0 Å². The van der Waals surface area contributed by atoms with E-state index in [0.717, 1.165) is 61.8 Å². The third kappa shape index (κ3) is 3.08. The van der Waals surface area contributed by atoms with Crippen molar-refractivity contribution in [2.24, 2.45) is 0 Å². The average Bonchev–Trinajstić information content (AvgIpc) is 2.68. The number of anilines is 2. The predicted molar refractivity (Wildman–Crippen MR) is 104 cm³/mol. The van der Waals surface area contributed by atoms with Crippen molar-refractivity contribution in [3.8, 4) is 0 Å². The van der Waals surface area contributed by atoms with Gasteiger partial charge in [0.05, 0.1) is 5.39 Å². The molecule has 6 nitrogen and oxygen atoms in total. The van der Waals surface area contributed by atoms with Gasteiger partial charge in [-0.25, -0.2) is 19.3 Å². The van der Waals surface area contributed by atoms with Crippen LogP contribution in [0.15, 0.2) is 48.9 Å². The van der Waals surface area contributed by atoms with Gasteiger partial charge in [0.1, 0.15) is 18.0 Å². The Morgan fingerprint density at radius 2 is 1.63 bits per heavy atom. The molecule has 0 unspecified atom stereocenters. The molecule has 2 aliphatic rings. The highest BCUT2D eigenvalue weighted by molar-refractivity contribution is 5.86. The van der Waals surface area contributed by atoms with Crippen LogP contribution in [0.2, 0.25) is 0 Å². The van der Waals surface area contributed by atoms with E-state index >= 15 is 0 Å². The van der Waals surface area contributed by atoms with Crippen LogP contribution in [0.4, 0.5) is 15.9 Å². The minimum atomic E-state index is -0.181. The molecule has 27 heavy (non-hydrogen) atoms. The van der Waals surface area contributed by atoms with Crippen LogP contribution >= 0.6 is 0 Å². The molecule has 2 aliphatic heterocycles. The Bertz CT molecular complexity index is 927. The van der Waals surface area contributed by atoms with Crippen LogP contribution in [-0.4, -0.2) is 65.2 Å². The Morgan fingerprint density at radius 1 is 0.852 bits per heavy atom. The zero-order valence-corrected chi connectivity index (χ0v) is 15.0. The van der Waals surface area contributed by atoms with Crippen LogP contribution in [0, 0.1) is 5.82 Å². The summed E-state index contributed by atoms with van der Waals surface area (Å²) in [5.41, 5.74) is 1.85. The van der Waals surface area contributed by atoms with Crippen molar-refractivity contribution in [2.75, 3.05) is 49.1 Å². The van der Waals surface area contributed by atoms with Crippen LogP contribution in [0.5, 0.6) is 0 Å². The minimum Gasteiger partial charge on any atom is -0.369 e. The highest BCUT2D eigenvalue weighted by Gasteiger charge is 2.35. The molecule has 0 bridgehead atoms. The van der Waals surface area contributed by atoms with E-state index < -0.39 is 0 Å². The predicted octanol–water partition coefficient (Wildman–Crippen LogP) is 2.17. The van der Waals surface area contributed by atoms with Gasteiger partial charge in [-0.3, -0.25) is 4.90 Å². The highest BCUT2D eigenvalue weighted by atomic mass is 19.1. The number of hydrogen-bond donors (Lipinski definition) is 0. The van der Waals surface area contributed by atoms with E-state index in [1.54, 1.807) is 12.5 Å². The minimum absolute atomic E-state index is 0.181. The number of fused-ring (bicyclic) bond motifs is 1. The normalized spacial score (nSPS) is 18.7. The molecule has 4 heterocycles. The van der Waals surface area contributed by atoms with Gasteiger partial charge < -0.3 is 9.80 Å². The first-order valence-corrected chi connectivity index (χ1v) is 9.33. The Hall–Kier alpha value is -2.80. The summed E-state index contributed by atoms with van der Waals surface area (Å²) in [4.78, 5) is 20.2. The van der Waals surface area contributed by atoms with E-state index in [1.165, 1.54) is 12.1 Å². The Morgan fingerprint density at radius 3 is 2.41 bits per heavy atom. The maximum absolute atomic E-state index is 13.1. The lowest BCUT2D eigenvalue weighted by Crippen LogP contribution is -2.63. The van der Waals surface area contributed by atoms with Crippen molar-refractivity contribution in [1.29, 1.82) is 0 Å². The summed E-state index contributed by atoms with van der Waals surface area (Å²) in [6, 6.07) is 11.3. The molecule has 138 valence electrons. The quantitative estimate of drug-likeness (QED) is 0.710. The molecular weight excluding hydrogens is 343 g/mol. The highest BCUT2D eigenvalue weighted by Crippen LogP contribution is 2.28. The zero-order chi connectivity index (χ0) is 18.2. The van der Waals surface area contributed by atoms with E-state index in [0.29, 0.717) is 6.04 Å². The fourth-order valence-corrected chi connectivity index (χ4v) is 3.99. The molecule has 3 aromatic rings. The van der Waals surface area contributed by atoms with Crippen molar-refractivity contribution in [3.63, 3.8) is 0 Å². The second-order valence-corrected chi connectivity index (χ2v) is 7.13. The molecule has 0 spiro atoms. The Balaban J connectivity index is 1.20. The monoisotopic (exact) mass is 364 g/mol. The largest absolute Gasteiger partial charge is 0.369 e. The molecule has 2 saturated heterocycles. The Kier molecular flexibility index (Phi) is 4.09. The van der Waals surface area contributed by atoms with E-state index in [4.69, 9.17) is 0 Å². The maximum atomic E-state index is 13.1. The number of hydrogen-bond acceptors (Lipinski definition) is 6. The number of aromatic nitrogens is 3. The second kappa shape index (κ2) is 6.74. The third-order valence-corrected chi connectivity index (χ3v) is 5.57. The van der Waals surface area contributed by atoms with Crippen molar-refractivity contribution in [1.82, 2.24) is 19.9 Å².